The first-order chi connectivity index (χ1) is 9.60. The molecule has 2 rings (SSSR count). The molecule has 0 radical (unpaired) electrons. The van der Waals surface area contributed by atoms with Crippen molar-refractivity contribution in [2.45, 2.75) is 32.7 Å². The molecule has 0 aliphatic carbocycles. The van der Waals surface area contributed by atoms with Crippen LogP contribution in [0, 0.1) is 17.2 Å². The summed E-state index contributed by atoms with van der Waals surface area (Å²) in [5.74, 6) is 0.678. The molecular formula is C16H21N3O. The molecule has 0 spiro atoms. The lowest BCUT2D eigenvalue weighted by molar-refractivity contribution is -0.121. The molecule has 1 fully saturated rings. The summed E-state index contributed by atoms with van der Waals surface area (Å²) in [6, 6.07) is 8.90. The van der Waals surface area contributed by atoms with Crippen LogP contribution in [0.25, 0.3) is 0 Å². The van der Waals surface area contributed by atoms with E-state index in [1.807, 2.05) is 6.92 Å². The highest BCUT2D eigenvalue weighted by molar-refractivity contribution is 5.94. The summed E-state index contributed by atoms with van der Waals surface area (Å²) in [4.78, 5) is 14.5. The van der Waals surface area contributed by atoms with Gasteiger partial charge in [-0.15, -0.1) is 0 Å². The normalized spacial score (nSPS) is 20.9. The number of nitrogens with zero attached hydrogens (tertiary/aromatic N) is 2. The molecule has 1 amide bonds. The number of nitrogens with one attached hydrogen (secondary N) is 1. The maximum absolute atomic E-state index is 12.3. The van der Waals surface area contributed by atoms with Crippen LogP contribution in [0.5, 0.6) is 0 Å². The highest BCUT2D eigenvalue weighted by Crippen LogP contribution is 2.18. The minimum atomic E-state index is -0.117. The van der Waals surface area contributed by atoms with E-state index in [-0.39, 0.29) is 11.9 Å². The van der Waals surface area contributed by atoms with Crippen LogP contribution in [0.1, 0.15) is 32.3 Å². The van der Waals surface area contributed by atoms with Crippen LogP contribution in [0.2, 0.25) is 0 Å². The van der Waals surface area contributed by atoms with Gasteiger partial charge in [-0.3, -0.25) is 9.69 Å². The molecule has 0 saturated carbocycles. The van der Waals surface area contributed by atoms with Gasteiger partial charge in [-0.1, -0.05) is 6.92 Å². The Kier molecular flexibility index (Phi) is 4.75. The molecule has 1 aromatic carbocycles. The van der Waals surface area contributed by atoms with Crippen molar-refractivity contribution in [3.05, 3.63) is 29.8 Å². The third-order valence-corrected chi connectivity index (χ3v) is 3.90. The number of benzene rings is 1. The quantitative estimate of drug-likeness (QED) is 0.919. The van der Waals surface area contributed by atoms with Gasteiger partial charge >= 0.3 is 0 Å². The van der Waals surface area contributed by atoms with Crippen LogP contribution in [-0.4, -0.2) is 29.9 Å². The van der Waals surface area contributed by atoms with E-state index in [4.69, 9.17) is 5.26 Å². The second kappa shape index (κ2) is 6.53. The Morgan fingerprint density at radius 3 is 2.75 bits per heavy atom. The van der Waals surface area contributed by atoms with Crippen molar-refractivity contribution in [2.75, 3.05) is 18.4 Å². The van der Waals surface area contributed by atoms with Gasteiger partial charge in [-0.2, -0.15) is 5.26 Å². The molecular weight excluding hydrogens is 250 g/mol. The molecule has 1 heterocycles. The summed E-state index contributed by atoms with van der Waals surface area (Å²) >= 11 is 0. The topological polar surface area (TPSA) is 56.1 Å². The highest BCUT2D eigenvalue weighted by Gasteiger charge is 2.25. The number of likely N-dealkylation sites (tertiary alicyclic amines) is 1. The summed E-state index contributed by atoms with van der Waals surface area (Å²) in [6.07, 6.45) is 2.41. The van der Waals surface area contributed by atoms with Crippen LogP contribution in [0.3, 0.4) is 0 Å². The summed E-state index contributed by atoms with van der Waals surface area (Å²) < 4.78 is 0. The summed E-state index contributed by atoms with van der Waals surface area (Å²) in [5, 5.41) is 11.7. The predicted molar refractivity (Wildman–Crippen MR) is 79.2 cm³/mol. The number of amides is 1. The number of hydrogen-bond acceptors (Lipinski definition) is 3. The van der Waals surface area contributed by atoms with Crippen molar-refractivity contribution in [3.63, 3.8) is 0 Å². The van der Waals surface area contributed by atoms with E-state index in [0.717, 1.165) is 25.2 Å². The number of carbonyl (C=O) groups is 1. The number of anilines is 1. The van der Waals surface area contributed by atoms with Crippen molar-refractivity contribution in [1.29, 1.82) is 5.26 Å². The number of hydrogen-bond donors (Lipinski definition) is 1. The van der Waals surface area contributed by atoms with Crippen LogP contribution < -0.4 is 5.32 Å². The average Bonchev–Trinajstić information content (AvgIpc) is 2.47. The zero-order chi connectivity index (χ0) is 14.5. The molecule has 0 bridgehead atoms. The van der Waals surface area contributed by atoms with E-state index in [9.17, 15) is 4.79 Å². The Hall–Kier alpha value is -1.86. The van der Waals surface area contributed by atoms with Crippen molar-refractivity contribution in [3.8, 4) is 6.07 Å². The Balaban J connectivity index is 1.94. The Bertz CT molecular complexity index is 503. The van der Waals surface area contributed by atoms with E-state index in [1.165, 1.54) is 6.42 Å². The zero-order valence-electron chi connectivity index (χ0n) is 12.1. The van der Waals surface area contributed by atoms with E-state index in [1.54, 1.807) is 24.3 Å². The Morgan fingerprint density at radius 1 is 1.45 bits per heavy atom. The Morgan fingerprint density at radius 2 is 2.15 bits per heavy atom. The predicted octanol–water partition coefficient (Wildman–Crippen LogP) is 2.62. The van der Waals surface area contributed by atoms with Gasteiger partial charge in [0.1, 0.15) is 0 Å². The van der Waals surface area contributed by atoms with Crippen molar-refractivity contribution < 1.29 is 4.79 Å². The standard InChI is InChI=1S/C16H21N3O/c1-12-4-3-9-19(11-12)13(2)16(20)18-15-7-5-14(10-17)6-8-15/h5-8,12-13H,3-4,9,11H2,1-2H3,(H,18,20). The zero-order valence-corrected chi connectivity index (χ0v) is 12.1. The third kappa shape index (κ3) is 3.58. The summed E-state index contributed by atoms with van der Waals surface area (Å²) in [6.45, 7) is 6.17. The lowest BCUT2D eigenvalue weighted by Crippen LogP contribution is -2.46. The van der Waals surface area contributed by atoms with Crippen molar-refractivity contribution in [2.24, 2.45) is 5.92 Å². The molecule has 1 aliphatic rings. The van der Waals surface area contributed by atoms with Gasteiger partial charge in [0.25, 0.3) is 0 Å². The lowest BCUT2D eigenvalue weighted by atomic mass is 9.99. The molecule has 0 aromatic heterocycles. The van der Waals surface area contributed by atoms with E-state index in [2.05, 4.69) is 23.2 Å². The van der Waals surface area contributed by atoms with Gasteiger partial charge in [0.15, 0.2) is 0 Å². The first-order valence-electron chi connectivity index (χ1n) is 7.15. The molecule has 2 unspecified atom stereocenters. The molecule has 1 N–H and O–H groups in total. The van der Waals surface area contributed by atoms with Gasteiger partial charge in [0, 0.05) is 12.2 Å². The van der Waals surface area contributed by atoms with Gasteiger partial charge < -0.3 is 5.32 Å². The fraction of sp³-hybridized carbons (Fsp3) is 0.500. The average molecular weight is 271 g/mol. The summed E-state index contributed by atoms with van der Waals surface area (Å²) in [5.41, 5.74) is 1.34. The van der Waals surface area contributed by atoms with E-state index >= 15 is 0 Å². The van der Waals surface area contributed by atoms with E-state index in [0.29, 0.717) is 11.5 Å². The first-order valence-corrected chi connectivity index (χ1v) is 7.15. The molecule has 20 heavy (non-hydrogen) atoms. The smallest absolute Gasteiger partial charge is 0.241 e. The fourth-order valence-corrected chi connectivity index (χ4v) is 2.62. The minimum Gasteiger partial charge on any atom is -0.325 e. The van der Waals surface area contributed by atoms with E-state index < -0.39 is 0 Å². The van der Waals surface area contributed by atoms with Crippen LogP contribution >= 0.6 is 0 Å². The number of piperidine rings is 1. The second-order valence-corrected chi connectivity index (χ2v) is 5.60. The number of rotatable bonds is 3. The molecule has 1 saturated heterocycles. The summed E-state index contributed by atoms with van der Waals surface area (Å²) in [7, 11) is 0. The van der Waals surface area contributed by atoms with Gasteiger partial charge in [0.05, 0.1) is 17.7 Å². The highest BCUT2D eigenvalue weighted by atomic mass is 16.2. The molecule has 1 aromatic rings. The lowest BCUT2D eigenvalue weighted by Gasteiger charge is -2.34. The Labute approximate surface area is 120 Å². The molecule has 4 heteroatoms. The molecule has 2 atom stereocenters. The maximum atomic E-state index is 12.3. The maximum Gasteiger partial charge on any atom is 0.241 e. The largest absolute Gasteiger partial charge is 0.325 e. The number of carbonyl (C=O) groups excluding carboxylic acids is 1. The minimum absolute atomic E-state index is 0.0174. The van der Waals surface area contributed by atoms with Crippen molar-refractivity contribution >= 4 is 11.6 Å². The van der Waals surface area contributed by atoms with Crippen LogP contribution in [0.15, 0.2) is 24.3 Å². The number of nitriles is 1. The monoisotopic (exact) mass is 271 g/mol. The SMILES string of the molecule is CC1CCCN(C(C)C(=O)Nc2ccc(C#N)cc2)C1. The first kappa shape index (κ1) is 14.5. The molecule has 4 nitrogen and oxygen atoms in total. The van der Waals surface area contributed by atoms with Crippen LogP contribution in [-0.2, 0) is 4.79 Å². The van der Waals surface area contributed by atoms with Crippen LogP contribution in [0.4, 0.5) is 5.69 Å². The fourth-order valence-electron chi connectivity index (χ4n) is 2.62. The molecule has 1 aliphatic heterocycles. The van der Waals surface area contributed by atoms with Crippen molar-refractivity contribution in [1.82, 2.24) is 4.90 Å². The van der Waals surface area contributed by atoms with Gasteiger partial charge in [-0.25, -0.2) is 0 Å². The molecule has 106 valence electrons. The second-order valence-electron chi connectivity index (χ2n) is 5.60. The van der Waals surface area contributed by atoms with Gasteiger partial charge in [-0.05, 0) is 56.5 Å². The van der Waals surface area contributed by atoms with Gasteiger partial charge in [0.2, 0.25) is 5.91 Å². The third-order valence-electron chi connectivity index (χ3n) is 3.90.